The fourth-order valence-electron chi connectivity index (χ4n) is 3.36. The van der Waals surface area contributed by atoms with Crippen LogP contribution in [0.4, 0.5) is 0 Å². The number of hydrogen-bond donors (Lipinski definition) is 0. The van der Waals surface area contributed by atoms with Gasteiger partial charge in [-0.3, -0.25) is 9.69 Å². The van der Waals surface area contributed by atoms with Gasteiger partial charge in [-0.05, 0) is 35.9 Å². The highest BCUT2D eigenvalue weighted by atomic mass is 35.5. The van der Waals surface area contributed by atoms with Gasteiger partial charge in [-0.15, -0.1) is 0 Å². The second kappa shape index (κ2) is 9.20. The van der Waals surface area contributed by atoms with Crippen LogP contribution in [0.5, 0.6) is 17.2 Å². The molecule has 29 heavy (non-hydrogen) atoms. The van der Waals surface area contributed by atoms with Crippen molar-refractivity contribution in [2.24, 2.45) is 0 Å². The Kier molecular flexibility index (Phi) is 6.22. The molecule has 2 aromatic carbocycles. The third-order valence-corrected chi connectivity index (χ3v) is 5.25. The molecular weight excluding hydrogens is 392 g/mol. The summed E-state index contributed by atoms with van der Waals surface area (Å²) in [5, 5.41) is 0.485. The van der Waals surface area contributed by atoms with E-state index in [2.05, 4.69) is 4.90 Å². The minimum atomic E-state index is -0.000949. The zero-order chi connectivity index (χ0) is 20.1. The SMILES string of the molecule is O=C(C=Cc1cc(Cl)c2c(c1)OCO2)N1CCN(CCOc2ccccc2)CC1. The summed E-state index contributed by atoms with van der Waals surface area (Å²) < 4.78 is 16.4. The molecule has 6 nitrogen and oxygen atoms in total. The molecule has 0 aromatic heterocycles. The maximum absolute atomic E-state index is 12.5. The quantitative estimate of drug-likeness (QED) is 0.679. The van der Waals surface area contributed by atoms with Crippen molar-refractivity contribution in [3.63, 3.8) is 0 Å². The predicted molar refractivity (Wildman–Crippen MR) is 112 cm³/mol. The highest BCUT2D eigenvalue weighted by Crippen LogP contribution is 2.40. The number of piperazine rings is 1. The summed E-state index contributed by atoms with van der Waals surface area (Å²) in [4.78, 5) is 16.7. The summed E-state index contributed by atoms with van der Waals surface area (Å²) in [6.45, 7) is 4.75. The normalized spacial score (nSPS) is 16.4. The topological polar surface area (TPSA) is 51.2 Å². The maximum Gasteiger partial charge on any atom is 0.246 e. The minimum absolute atomic E-state index is 0.000949. The fraction of sp³-hybridized carbons (Fsp3) is 0.318. The molecule has 0 spiro atoms. The molecule has 2 aromatic rings. The van der Waals surface area contributed by atoms with Crippen molar-refractivity contribution < 1.29 is 19.0 Å². The molecule has 4 rings (SSSR count). The smallest absolute Gasteiger partial charge is 0.246 e. The summed E-state index contributed by atoms with van der Waals surface area (Å²) in [5.74, 6) is 2.05. The van der Waals surface area contributed by atoms with Crippen LogP contribution < -0.4 is 14.2 Å². The van der Waals surface area contributed by atoms with E-state index in [9.17, 15) is 4.79 Å². The Morgan fingerprint density at radius 2 is 1.90 bits per heavy atom. The molecule has 0 saturated carbocycles. The molecule has 1 fully saturated rings. The van der Waals surface area contributed by atoms with E-state index in [1.807, 2.05) is 41.3 Å². The monoisotopic (exact) mass is 414 g/mol. The van der Waals surface area contributed by atoms with Crippen molar-refractivity contribution >= 4 is 23.6 Å². The lowest BCUT2D eigenvalue weighted by molar-refractivity contribution is -0.127. The molecular formula is C22H23ClN2O4. The number of para-hydroxylation sites is 1. The van der Waals surface area contributed by atoms with E-state index in [4.69, 9.17) is 25.8 Å². The summed E-state index contributed by atoms with van der Waals surface area (Å²) in [7, 11) is 0. The average Bonchev–Trinajstić information content (AvgIpc) is 3.23. The number of halogens is 1. The van der Waals surface area contributed by atoms with Crippen LogP contribution in [0.3, 0.4) is 0 Å². The molecule has 0 N–H and O–H groups in total. The van der Waals surface area contributed by atoms with E-state index >= 15 is 0 Å². The van der Waals surface area contributed by atoms with Crippen LogP contribution in [-0.2, 0) is 4.79 Å². The number of hydrogen-bond acceptors (Lipinski definition) is 5. The van der Waals surface area contributed by atoms with Gasteiger partial charge >= 0.3 is 0 Å². The van der Waals surface area contributed by atoms with E-state index in [0.717, 1.165) is 30.9 Å². The van der Waals surface area contributed by atoms with Crippen LogP contribution >= 0.6 is 11.6 Å². The van der Waals surface area contributed by atoms with Crippen LogP contribution in [-0.4, -0.2) is 61.8 Å². The number of carbonyl (C=O) groups is 1. The van der Waals surface area contributed by atoms with Gasteiger partial charge in [0.15, 0.2) is 11.5 Å². The number of carbonyl (C=O) groups excluding carboxylic acids is 1. The maximum atomic E-state index is 12.5. The molecule has 0 bridgehead atoms. The Balaban J connectivity index is 1.23. The lowest BCUT2D eigenvalue weighted by Crippen LogP contribution is -2.49. The molecule has 152 valence electrons. The van der Waals surface area contributed by atoms with Gasteiger partial charge in [0.1, 0.15) is 12.4 Å². The first-order chi connectivity index (χ1) is 14.2. The Hall–Kier alpha value is -2.70. The van der Waals surface area contributed by atoms with E-state index in [1.54, 1.807) is 18.2 Å². The van der Waals surface area contributed by atoms with Crippen LogP contribution in [0, 0.1) is 0 Å². The predicted octanol–water partition coefficient (Wildman–Crippen LogP) is 3.31. The van der Waals surface area contributed by atoms with E-state index in [1.165, 1.54) is 0 Å². The molecule has 0 aliphatic carbocycles. The molecule has 1 amide bonds. The summed E-state index contributed by atoms with van der Waals surface area (Å²) in [6, 6.07) is 13.4. The number of amides is 1. The number of ether oxygens (including phenoxy) is 3. The van der Waals surface area contributed by atoms with Gasteiger partial charge in [0, 0.05) is 38.8 Å². The van der Waals surface area contributed by atoms with Gasteiger partial charge in [0.25, 0.3) is 0 Å². The van der Waals surface area contributed by atoms with Gasteiger partial charge in [0.2, 0.25) is 12.7 Å². The first-order valence-electron chi connectivity index (χ1n) is 9.65. The van der Waals surface area contributed by atoms with Crippen molar-refractivity contribution in [2.45, 2.75) is 0 Å². The second-order valence-corrected chi connectivity index (χ2v) is 7.31. The largest absolute Gasteiger partial charge is 0.492 e. The lowest BCUT2D eigenvalue weighted by Gasteiger charge is -2.34. The van der Waals surface area contributed by atoms with E-state index in [-0.39, 0.29) is 12.7 Å². The Labute approximate surface area is 175 Å². The van der Waals surface area contributed by atoms with Gasteiger partial charge < -0.3 is 19.1 Å². The fourth-order valence-corrected chi connectivity index (χ4v) is 3.63. The minimum Gasteiger partial charge on any atom is -0.492 e. The number of rotatable bonds is 6. The molecule has 2 heterocycles. The molecule has 7 heteroatoms. The van der Waals surface area contributed by atoms with E-state index in [0.29, 0.717) is 36.2 Å². The van der Waals surface area contributed by atoms with Crippen LogP contribution in [0.2, 0.25) is 5.02 Å². The van der Waals surface area contributed by atoms with Gasteiger partial charge in [-0.1, -0.05) is 29.8 Å². The molecule has 0 radical (unpaired) electrons. The van der Waals surface area contributed by atoms with Crippen LogP contribution in [0.15, 0.2) is 48.5 Å². The van der Waals surface area contributed by atoms with Crippen molar-refractivity contribution in [2.75, 3.05) is 46.1 Å². The lowest BCUT2D eigenvalue weighted by atomic mass is 10.2. The summed E-state index contributed by atoms with van der Waals surface area (Å²) in [5.41, 5.74) is 0.810. The van der Waals surface area contributed by atoms with Crippen LogP contribution in [0.25, 0.3) is 6.08 Å². The Bertz CT molecular complexity index is 880. The zero-order valence-electron chi connectivity index (χ0n) is 16.1. The Morgan fingerprint density at radius 3 is 2.69 bits per heavy atom. The third kappa shape index (κ3) is 5.02. The van der Waals surface area contributed by atoms with Gasteiger partial charge in [0.05, 0.1) is 5.02 Å². The third-order valence-electron chi connectivity index (χ3n) is 4.97. The molecule has 1 saturated heterocycles. The molecule has 0 unspecified atom stereocenters. The first-order valence-corrected chi connectivity index (χ1v) is 10.0. The van der Waals surface area contributed by atoms with Crippen molar-refractivity contribution in [1.29, 1.82) is 0 Å². The van der Waals surface area contributed by atoms with Crippen molar-refractivity contribution in [1.82, 2.24) is 9.80 Å². The highest BCUT2D eigenvalue weighted by Gasteiger charge is 2.20. The summed E-state index contributed by atoms with van der Waals surface area (Å²) >= 11 is 6.19. The molecule has 0 atom stereocenters. The standard InChI is InChI=1S/C22H23ClN2O4/c23-19-14-17(15-20-22(19)29-16-28-20)6-7-21(26)25-10-8-24(9-11-25)12-13-27-18-4-2-1-3-5-18/h1-7,14-15H,8-13,16H2. The van der Waals surface area contributed by atoms with Crippen molar-refractivity contribution in [3.05, 3.63) is 59.1 Å². The van der Waals surface area contributed by atoms with Gasteiger partial charge in [-0.25, -0.2) is 0 Å². The van der Waals surface area contributed by atoms with Gasteiger partial charge in [-0.2, -0.15) is 0 Å². The van der Waals surface area contributed by atoms with Crippen LogP contribution in [0.1, 0.15) is 5.56 Å². The molecule has 2 aliphatic heterocycles. The first kappa shape index (κ1) is 19.6. The number of fused-ring (bicyclic) bond motifs is 1. The second-order valence-electron chi connectivity index (χ2n) is 6.90. The summed E-state index contributed by atoms with van der Waals surface area (Å²) in [6.07, 6.45) is 3.35. The number of nitrogens with zero attached hydrogens (tertiary/aromatic N) is 2. The number of benzene rings is 2. The van der Waals surface area contributed by atoms with Crippen molar-refractivity contribution in [3.8, 4) is 17.2 Å². The Morgan fingerprint density at radius 1 is 1.10 bits per heavy atom. The zero-order valence-corrected chi connectivity index (χ0v) is 16.8. The average molecular weight is 415 g/mol. The highest BCUT2D eigenvalue weighted by molar-refractivity contribution is 6.32. The molecule has 2 aliphatic rings. The van der Waals surface area contributed by atoms with E-state index < -0.39 is 0 Å².